The summed E-state index contributed by atoms with van der Waals surface area (Å²) in [5.74, 6) is -0.428. The molecule has 0 unspecified atom stereocenters. The number of hydrogen-bond donors (Lipinski definition) is 1. The summed E-state index contributed by atoms with van der Waals surface area (Å²) in [6, 6.07) is 23.6. The van der Waals surface area contributed by atoms with E-state index in [-0.39, 0.29) is 6.61 Å². The van der Waals surface area contributed by atoms with Gasteiger partial charge in [-0.2, -0.15) is 0 Å². The van der Waals surface area contributed by atoms with Crippen LogP contribution in [0.4, 0.5) is 0 Å². The molecule has 0 aliphatic heterocycles. The smallest absolute Gasteiger partial charge is 0.342 e. The zero-order valence-electron chi connectivity index (χ0n) is 15.3. The molecule has 0 amide bonds. The minimum atomic E-state index is -0.428. The van der Waals surface area contributed by atoms with Crippen molar-refractivity contribution in [2.24, 2.45) is 0 Å². The summed E-state index contributed by atoms with van der Waals surface area (Å²) in [6.45, 7) is 2.06. The van der Waals surface area contributed by atoms with Crippen LogP contribution in [0.25, 0.3) is 33.3 Å². The van der Waals surface area contributed by atoms with E-state index in [2.05, 4.69) is 9.97 Å². The number of ether oxygens (including phenoxy) is 1. The molecule has 4 rings (SSSR count). The summed E-state index contributed by atoms with van der Waals surface area (Å²) in [7, 11) is 0. The molecule has 0 saturated carbocycles. The lowest BCUT2D eigenvalue weighted by Gasteiger charge is -2.15. The number of esters is 1. The van der Waals surface area contributed by atoms with E-state index < -0.39 is 5.97 Å². The van der Waals surface area contributed by atoms with Crippen molar-refractivity contribution >= 4 is 29.0 Å². The molecule has 4 aromatic rings. The van der Waals surface area contributed by atoms with Gasteiger partial charge in [0.05, 0.1) is 18.0 Å². The monoisotopic (exact) mass is 386 g/mol. The maximum Gasteiger partial charge on any atom is 0.342 e. The molecule has 0 bridgehead atoms. The molecule has 138 valence electrons. The molecule has 0 aliphatic rings. The van der Waals surface area contributed by atoms with Gasteiger partial charge in [0.2, 0.25) is 0 Å². The zero-order valence-corrected chi connectivity index (χ0v) is 16.1. The van der Waals surface area contributed by atoms with E-state index in [1.165, 1.54) is 0 Å². The minimum Gasteiger partial charge on any atom is -0.462 e. The van der Waals surface area contributed by atoms with Crippen LogP contribution in [0.1, 0.15) is 17.3 Å². The molecule has 4 nitrogen and oxygen atoms in total. The van der Waals surface area contributed by atoms with Crippen molar-refractivity contribution in [1.82, 2.24) is 9.97 Å². The topological polar surface area (TPSA) is 55.0 Å². The SMILES string of the molecule is CCOC(=O)c1c(-c2ccccc2)nc(=S)[nH]c1-c1cccc2ccccc12. The van der Waals surface area contributed by atoms with Gasteiger partial charge in [0, 0.05) is 11.1 Å². The first-order chi connectivity index (χ1) is 13.7. The second kappa shape index (κ2) is 7.74. The molecule has 1 aromatic heterocycles. The van der Waals surface area contributed by atoms with Crippen molar-refractivity contribution in [3.63, 3.8) is 0 Å². The highest BCUT2D eigenvalue weighted by Crippen LogP contribution is 2.34. The molecule has 0 fully saturated rings. The second-order valence-electron chi connectivity index (χ2n) is 6.25. The van der Waals surface area contributed by atoms with E-state index in [0.29, 0.717) is 21.7 Å². The molecular formula is C23H18N2O2S. The van der Waals surface area contributed by atoms with E-state index >= 15 is 0 Å². The van der Waals surface area contributed by atoms with Crippen LogP contribution in [0.5, 0.6) is 0 Å². The van der Waals surface area contributed by atoms with E-state index in [1.807, 2.05) is 72.8 Å². The fourth-order valence-corrected chi connectivity index (χ4v) is 3.52. The Kier molecular flexibility index (Phi) is 5.00. The highest BCUT2D eigenvalue weighted by molar-refractivity contribution is 7.71. The van der Waals surface area contributed by atoms with Gasteiger partial charge >= 0.3 is 5.97 Å². The van der Waals surface area contributed by atoms with E-state index in [1.54, 1.807) is 6.92 Å². The molecule has 1 N–H and O–H groups in total. The average Bonchev–Trinajstić information content (AvgIpc) is 2.73. The van der Waals surface area contributed by atoms with Gasteiger partial charge < -0.3 is 9.72 Å². The van der Waals surface area contributed by atoms with Gasteiger partial charge in [0.1, 0.15) is 5.56 Å². The number of aromatic nitrogens is 2. The molecule has 0 aliphatic carbocycles. The van der Waals surface area contributed by atoms with Gasteiger partial charge in [0.25, 0.3) is 0 Å². The maximum absolute atomic E-state index is 13.0. The number of H-pyrrole nitrogens is 1. The van der Waals surface area contributed by atoms with Crippen LogP contribution in [0.2, 0.25) is 0 Å². The van der Waals surface area contributed by atoms with Gasteiger partial charge in [0.15, 0.2) is 4.77 Å². The number of fused-ring (bicyclic) bond motifs is 1. The first-order valence-electron chi connectivity index (χ1n) is 9.04. The average molecular weight is 386 g/mol. The molecule has 0 atom stereocenters. The number of nitrogens with zero attached hydrogens (tertiary/aromatic N) is 1. The zero-order chi connectivity index (χ0) is 19.5. The van der Waals surface area contributed by atoms with E-state index in [9.17, 15) is 4.79 Å². The lowest BCUT2D eigenvalue weighted by molar-refractivity contribution is 0.0527. The summed E-state index contributed by atoms with van der Waals surface area (Å²) in [6.07, 6.45) is 0. The first-order valence-corrected chi connectivity index (χ1v) is 9.45. The lowest BCUT2D eigenvalue weighted by atomic mass is 9.96. The Morgan fingerprint density at radius 3 is 2.50 bits per heavy atom. The number of nitrogens with one attached hydrogen (secondary N) is 1. The molecule has 1 heterocycles. The summed E-state index contributed by atoms with van der Waals surface area (Å²) < 4.78 is 5.69. The Labute approximate surface area is 167 Å². The van der Waals surface area contributed by atoms with Crippen LogP contribution in [-0.2, 0) is 4.74 Å². The summed E-state index contributed by atoms with van der Waals surface area (Å²) >= 11 is 5.40. The van der Waals surface area contributed by atoms with Gasteiger partial charge in [-0.1, -0.05) is 72.8 Å². The highest BCUT2D eigenvalue weighted by Gasteiger charge is 2.23. The number of aromatic amines is 1. The largest absolute Gasteiger partial charge is 0.462 e. The number of benzene rings is 3. The van der Waals surface area contributed by atoms with Crippen molar-refractivity contribution in [1.29, 1.82) is 0 Å². The second-order valence-corrected chi connectivity index (χ2v) is 6.64. The molecule has 0 saturated heterocycles. The van der Waals surface area contributed by atoms with Crippen molar-refractivity contribution in [2.75, 3.05) is 6.61 Å². The van der Waals surface area contributed by atoms with Crippen LogP contribution in [-0.4, -0.2) is 22.5 Å². The molecule has 5 heteroatoms. The third-order valence-electron chi connectivity index (χ3n) is 4.52. The molecule has 0 spiro atoms. The van der Waals surface area contributed by atoms with Gasteiger partial charge in [-0.15, -0.1) is 0 Å². The Balaban J connectivity index is 2.08. The lowest BCUT2D eigenvalue weighted by Crippen LogP contribution is -2.12. The van der Waals surface area contributed by atoms with Crippen LogP contribution in [0, 0.1) is 4.77 Å². The van der Waals surface area contributed by atoms with Crippen LogP contribution in [0.3, 0.4) is 0 Å². The third kappa shape index (κ3) is 3.32. The van der Waals surface area contributed by atoms with Gasteiger partial charge in [-0.3, -0.25) is 0 Å². The van der Waals surface area contributed by atoms with Crippen molar-refractivity contribution in [3.05, 3.63) is 83.1 Å². The third-order valence-corrected chi connectivity index (χ3v) is 4.71. The summed E-state index contributed by atoms with van der Waals surface area (Å²) in [5, 5.41) is 2.10. The van der Waals surface area contributed by atoms with Crippen LogP contribution >= 0.6 is 12.2 Å². The van der Waals surface area contributed by atoms with Crippen LogP contribution in [0.15, 0.2) is 72.8 Å². The quantitative estimate of drug-likeness (QED) is 0.356. The van der Waals surface area contributed by atoms with Gasteiger partial charge in [-0.05, 0) is 29.9 Å². The Hall–Kier alpha value is -3.31. The normalized spacial score (nSPS) is 10.8. The number of carbonyl (C=O) groups is 1. The highest BCUT2D eigenvalue weighted by atomic mass is 32.1. The Bertz CT molecular complexity index is 1210. The van der Waals surface area contributed by atoms with Crippen molar-refractivity contribution in [3.8, 4) is 22.5 Å². The summed E-state index contributed by atoms with van der Waals surface area (Å²) in [5.41, 5.74) is 3.22. The number of rotatable bonds is 4. The van der Waals surface area contributed by atoms with E-state index in [0.717, 1.165) is 21.9 Å². The Morgan fingerprint density at radius 2 is 1.71 bits per heavy atom. The fourth-order valence-electron chi connectivity index (χ4n) is 3.33. The maximum atomic E-state index is 13.0. The molecule has 3 aromatic carbocycles. The predicted octanol–water partition coefficient (Wildman–Crippen LogP) is 5.80. The predicted molar refractivity (Wildman–Crippen MR) is 114 cm³/mol. The molecule has 0 radical (unpaired) electrons. The van der Waals surface area contributed by atoms with Gasteiger partial charge in [-0.25, -0.2) is 9.78 Å². The molecule has 28 heavy (non-hydrogen) atoms. The standard InChI is InChI=1S/C23H18N2O2S/c1-2-27-22(26)19-20(16-10-4-3-5-11-16)24-23(28)25-21(19)18-14-8-12-15-9-6-7-13-17(15)18/h3-14H,2H2,1H3,(H,24,25,28). The molecular weight excluding hydrogens is 368 g/mol. The first kappa shape index (κ1) is 18.1. The summed E-state index contributed by atoms with van der Waals surface area (Å²) in [4.78, 5) is 20.6. The number of hydrogen-bond acceptors (Lipinski definition) is 4. The Morgan fingerprint density at radius 1 is 1.00 bits per heavy atom. The number of carbonyl (C=O) groups excluding carboxylic acids is 1. The van der Waals surface area contributed by atoms with Crippen molar-refractivity contribution in [2.45, 2.75) is 6.92 Å². The van der Waals surface area contributed by atoms with E-state index in [4.69, 9.17) is 17.0 Å². The van der Waals surface area contributed by atoms with Crippen LogP contribution < -0.4 is 0 Å². The fraction of sp³-hybridized carbons (Fsp3) is 0.0870. The minimum absolute atomic E-state index is 0.275. The van der Waals surface area contributed by atoms with Crippen molar-refractivity contribution < 1.29 is 9.53 Å².